The molecule has 3 heteroatoms. The third-order valence-electron chi connectivity index (χ3n) is 3.64. The lowest BCUT2D eigenvalue weighted by Crippen LogP contribution is -2.33. The van der Waals surface area contributed by atoms with E-state index in [2.05, 4.69) is 17.0 Å². The van der Waals surface area contributed by atoms with Gasteiger partial charge in [0.2, 0.25) is 0 Å². The Kier molecular flexibility index (Phi) is 5.18. The first-order chi connectivity index (χ1) is 9.58. The molecule has 2 rings (SSSR count). The van der Waals surface area contributed by atoms with Crippen molar-refractivity contribution < 1.29 is 5.11 Å². The summed E-state index contributed by atoms with van der Waals surface area (Å²) in [5, 5.41) is 11.1. The van der Waals surface area contributed by atoms with Gasteiger partial charge in [0, 0.05) is 17.6 Å². The van der Waals surface area contributed by atoms with Gasteiger partial charge in [-0.15, -0.1) is 0 Å². The minimum Gasteiger partial charge on any atom is -0.387 e. The van der Waals surface area contributed by atoms with E-state index in [1.807, 2.05) is 56.4 Å². The second-order valence-electron chi connectivity index (χ2n) is 5.14. The van der Waals surface area contributed by atoms with E-state index in [4.69, 9.17) is 11.6 Å². The van der Waals surface area contributed by atoms with E-state index in [-0.39, 0.29) is 6.04 Å². The maximum atomic E-state index is 10.4. The fourth-order valence-electron chi connectivity index (χ4n) is 2.19. The molecule has 0 bridgehead atoms. The largest absolute Gasteiger partial charge is 0.387 e. The summed E-state index contributed by atoms with van der Waals surface area (Å²) in [4.78, 5) is 2.15. The lowest BCUT2D eigenvalue weighted by Gasteiger charge is -2.29. The first-order valence-corrected chi connectivity index (χ1v) is 7.13. The number of hydrogen-bond acceptors (Lipinski definition) is 2. The molecule has 0 fully saturated rings. The Morgan fingerprint density at radius 2 is 1.65 bits per heavy atom. The zero-order valence-electron chi connectivity index (χ0n) is 11.8. The van der Waals surface area contributed by atoms with Crippen LogP contribution in [0.25, 0.3) is 0 Å². The molecular formula is C17H20ClNO. The van der Waals surface area contributed by atoms with Crippen molar-refractivity contribution in [1.29, 1.82) is 0 Å². The molecule has 2 aromatic rings. The van der Waals surface area contributed by atoms with Gasteiger partial charge in [-0.2, -0.15) is 0 Å². The van der Waals surface area contributed by atoms with E-state index in [0.29, 0.717) is 5.02 Å². The number of benzene rings is 2. The van der Waals surface area contributed by atoms with Gasteiger partial charge in [-0.3, -0.25) is 4.90 Å². The molecule has 106 valence electrons. The summed E-state index contributed by atoms with van der Waals surface area (Å²) in [6.45, 7) is 2.84. The molecule has 0 heterocycles. The van der Waals surface area contributed by atoms with E-state index in [9.17, 15) is 5.11 Å². The van der Waals surface area contributed by atoms with E-state index in [1.54, 1.807) is 0 Å². The normalized spacial score (nSPS) is 14.2. The number of hydrogen-bond donors (Lipinski definition) is 1. The fourth-order valence-corrected chi connectivity index (χ4v) is 2.32. The summed E-state index contributed by atoms with van der Waals surface area (Å²) in [5.74, 6) is 0. The van der Waals surface area contributed by atoms with Crippen LogP contribution in [0.3, 0.4) is 0 Å². The van der Waals surface area contributed by atoms with Crippen LogP contribution in [0.2, 0.25) is 5.02 Å². The van der Waals surface area contributed by atoms with Gasteiger partial charge >= 0.3 is 0 Å². The first-order valence-electron chi connectivity index (χ1n) is 6.75. The molecule has 20 heavy (non-hydrogen) atoms. The van der Waals surface area contributed by atoms with Gasteiger partial charge in [-0.05, 0) is 37.2 Å². The minimum atomic E-state index is -0.527. The van der Waals surface area contributed by atoms with Crippen LogP contribution in [-0.4, -0.2) is 23.1 Å². The summed E-state index contributed by atoms with van der Waals surface area (Å²) in [6, 6.07) is 17.7. The Bertz CT molecular complexity index is 526. The van der Waals surface area contributed by atoms with Gasteiger partial charge in [0.1, 0.15) is 0 Å². The van der Waals surface area contributed by atoms with Gasteiger partial charge in [0.15, 0.2) is 0 Å². The number of halogens is 1. The van der Waals surface area contributed by atoms with Crippen LogP contribution in [0.15, 0.2) is 54.6 Å². The number of rotatable bonds is 5. The number of aliphatic hydroxyl groups excluding tert-OH is 1. The molecule has 0 spiro atoms. The molecule has 2 atom stereocenters. The summed E-state index contributed by atoms with van der Waals surface area (Å²) < 4.78 is 0. The van der Waals surface area contributed by atoms with Crippen LogP contribution >= 0.6 is 11.6 Å². The van der Waals surface area contributed by atoms with E-state index in [1.165, 1.54) is 5.56 Å². The van der Waals surface area contributed by atoms with Gasteiger partial charge in [-0.1, -0.05) is 54.1 Å². The molecule has 0 aliphatic carbocycles. The summed E-state index contributed by atoms with van der Waals surface area (Å²) in [6.07, 6.45) is -0.527. The Labute approximate surface area is 125 Å². The van der Waals surface area contributed by atoms with Gasteiger partial charge in [0.05, 0.1) is 6.10 Å². The summed E-state index contributed by atoms with van der Waals surface area (Å²) in [7, 11) is 2.02. The maximum absolute atomic E-state index is 10.4. The molecular weight excluding hydrogens is 270 g/mol. The standard InChI is InChI=1S/C17H20ClNO/c1-13(17(20)15-8-10-16(18)11-9-15)19(2)12-14-6-4-3-5-7-14/h3-11,13,17,20H,12H2,1-2H3. The molecule has 0 radical (unpaired) electrons. The minimum absolute atomic E-state index is 0.0244. The second-order valence-corrected chi connectivity index (χ2v) is 5.57. The third-order valence-corrected chi connectivity index (χ3v) is 3.89. The Hall–Kier alpha value is -1.35. The highest BCUT2D eigenvalue weighted by molar-refractivity contribution is 6.30. The molecule has 1 N–H and O–H groups in total. The predicted molar refractivity (Wildman–Crippen MR) is 83.8 cm³/mol. The van der Waals surface area contributed by atoms with Gasteiger partial charge in [-0.25, -0.2) is 0 Å². The molecule has 2 nitrogen and oxygen atoms in total. The van der Waals surface area contributed by atoms with Crippen molar-refractivity contribution in [2.45, 2.75) is 25.6 Å². The Balaban J connectivity index is 2.02. The highest BCUT2D eigenvalue weighted by Crippen LogP contribution is 2.22. The fraction of sp³-hybridized carbons (Fsp3) is 0.294. The Morgan fingerprint density at radius 1 is 1.05 bits per heavy atom. The van der Waals surface area contributed by atoms with Crippen LogP contribution in [0.1, 0.15) is 24.2 Å². The molecule has 0 aromatic heterocycles. The first kappa shape index (κ1) is 15.0. The van der Waals surface area contributed by atoms with Crippen molar-refractivity contribution in [3.05, 3.63) is 70.7 Å². The number of likely N-dealkylation sites (N-methyl/N-ethyl adjacent to an activating group) is 1. The van der Waals surface area contributed by atoms with Gasteiger partial charge < -0.3 is 5.11 Å². The van der Waals surface area contributed by atoms with Crippen LogP contribution < -0.4 is 0 Å². The number of nitrogens with zero attached hydrogens (tertiary/aromatic N) is 1. The predicted octanol–water partition coefficient (Wildman–Crippen LogP) is 3.89. The second kappa shape index (κ2) is 6.89. The lowest BCUT2D eigenvalue weighted by atomic mass is 10.0. The van der Waals surface area contributed by atoms with Crippen molar-refractivity contribution in [3.8, 4) is 0 Å². The molecule has 0 saturated carbocycles. The summed E-state index contributed by atoms with van der Waals surface area (Å²) >= 11 is 5.87. The van der Waals surface area contributed by atoms with E-state index >= 15 is 0 Å². The molecule has 0 aliphatic heterocycles. The highest BCUT2D eigenvalue weighted by atomic mass is 35.5. The van der Waals surface area contributed by atoms with Crippen molar-refractivity contribution in [2.75, 3.05) is 7.05 Å². The molecule has 0 aliphatic rings. The topological polar surface area (TPSA) is 23.5 Å². The van der Waals surface area contributed by atoms with Crippen LogP contribution in [0.5, 0.6) is 0 Å². The molecule has 0 saturated heterocycles. The van der Waals surface area contributed by atoms with Crippen molar-refractivity contribution >= 4 is 11.6 Å². The SMILES string of the molecule is CC(C(O)c1ccc(Cl)cc1)N(C)Cc1ccccc1. The van der Waals surface area contributed by atoms with E-state index < -0.39 is 6.10 Å². The summed E-state index contributed by atoms with van der Waals surface area (Å²) in [5.41, 5.74) is 2.13. The zero-order chi connectivity index (χ0) is 14.5. The zero-order valence-corrected chi connectivity index (χ0v) is 12.6. The monoisotopic (exact) mass is 289 g/mol. The maximum Gasteiger partial charge on any atom is 0.0942 e. The smallest absolute Gasteiger partial charge is 0.0942 e. The molecule has 0 amide bonds. The Morgan fingerprint density at radius 3 is 2.25 bits per heavy atom. The lowest BCUT2D eigenvalue weighted by molar-refractivity contribution is 0.0688. The average Bonchev–Trinajstić information content (AvgIpc) is 2.47. The van der Waals surface area contributed by atoms with Crippen molar-refractivity contribution in [1.82, 2.24) is 4.90 Å². The van der Waals surface area contributed by atoms with Crippen LogP contribution in [-0.2, 0) is 6.54 Å². The van der Waals surface area contributed by atoms with Crippen molar-refractivity contribution in [3.63, 3.8) is 0 Å². The van der Waals surface area contributed by atoms with Gasteiger partial charge in [0.25, 0.3) is 0 Å². The van der Waals surface area contributed by atoms with Crippen LogP contribution in [0, 0.1) is 0 Å². The highest BCUT2D eigenvalue weighted by Gasteiger charge is 2.20. The number of aliphatic hydroxyl groups is 1. The molecule has 2 aromatic carbocycles. The average molecular weight is 290 g/mol. The van der Waals surface area contributed by atoms with E-state index in [0.717, 1.165) is 12.1 Å². The third kappa shape index (κ3) is 3.83. The van der Waals surface area contributed by atoms with Crippen molar-refractivity contribution in [2.24, 2.45) is 0 Å². The quantitative estimate of drug-likeness (QED) is 0.902. The van der Waals surface area contributed by atoms with Crippen LogP contribution in [0.4, 0.5) is 0 Å². The molecule has 2 unspecified atom stereocenters.